The summed E-state index contributed by atoms with van der Waals surface area (Å²) in [4.78, 5) is 15.9. The van der Waals surface area contributed by atoms with E-state index in [9.17, 15) is 0 Å². The molecule has 2 aromatic heterocycles. The van der Waals surface area contributed by atoms with Gasteiger partial charge >= 0.3 is 0 Å². The summed E-state index contributed by atoms with van der Waals surface area (Å²) in [6.07, 6.45) is 7.94. The first-order valence-electron chi connectivity index (χ1n) is 7.71. The number of imidazole rings is 1. The second-order valence-corrected chi connectivity index (χ2v) is 6.10. The maximum absolute atomic E-state index is 4.69. The van der Waals surface area contributed by atoms with Crippen LogP contribution in [0.4, 0.5) is 0 Å². The third kappa shape index (κ3) is 3.13. The Hall–Kier alpha value is -1.75. The van der Waals surface area contributed by atoms with Gasteiger partial charge in [0, 0.05) is 37.0 Å². The number of aryl methyl sites for hydroxylation is 1. The molecule has 0 aliphatic carbocycles. The van der Waals surface area contributed by atoms with Gasteiger partial charge < -0.3 is 4.90 Å². The average Bonchev–Trinajstić information content (AvgIpc) is 3.01. The van der Waals surface area contributed by atoms with Gasteiger partial charge in [0.05, 0.1) is 5.69 Å². The molecule has 0 aromatic carbocycles. The minimum atomic E-state index is 0.505. The highest BCUT2D eigenvalue weighted by Crippen LogP contribution is 2.27. The Morgan fingerprint density at radius 3 is 2.86 bits per heavy atom. The molecule has 1 aliphatic rings. The lowest BCUT2D eigenvalue weighted by atomic mass is 9.93. The van der Waals surface area contributed by atoms with Crippen LogP contribution in [-0.2, 0) is 0 Å². The van der Waals surface area contributed by atoms with Crippen LogP contribution in [0.1, 0.15) is 44.1 Å². The number of piperidine rings is 1. The third-order valence-corrected chi connectivity index (χ3v) is 4.21. The van der Waals surface area contributed by atoms with Crippen molar-refractivity contribution in [2.75, 3.05) is 13.1 Å². The minimum absolute atomic E-state index is 0.505. The van der Waals surface area contributed by atoms with Crippen LogP contribution in [0.2, 0.25) is 0 Å². The quantitative estimate of drug-likeness (QED) is 0.869. The van der Waals surface area contributed by atoms with E-state index in [0.717, 1.165) is 23.9 Å². The molecule has 5 heteroatoms. The Morgan fingerprint density at radius 1 is 1.29 bits per heavy atom. The second kappa shape index (κ2) is 5.93. The molecular weight excluding hydrogens is 262 g/mol. The lowest BCUT2D eigenvalue weighted by molar-refractivity contribution is 0.166. The monoisotopic (exact) mass is 285 g/mol. The van der Waals surface area contributed by atoms with Crippen molar-refractivity contribution in [1.82, 2.24) is 24.4 Å². The molecule has 3 heterocycles. The molecule has 0 N–H and O–H groups in total. The van der Waals surface area contributed by atoms with Gasteiger partial charge in [-0.2, -0.15) is 0 Å². The van der Waals surface area contributed by atoms with Gasteiger partial charge in [0.2, 0.25) is 0 Å². The van der Waals surface area contributed by atoms with Gasteiger partial charge in [0.1, 0.15) is 18.0 Å². The van der Waals surface area contributed by atoms with Crippen LogP contribution in [0.3, 0.4) is 0 Å². The molecule has 0 amide bonds. The maximum Gasteiger partial charge on any atom is 0.141 e. The largest absolute Gasteiger partial charge is 0.300 e. The van der Waals surface area contributed by atoms with Crippen molar-refractivity contribution in [3.8, 4) is 5.82 Å². The van der Waals surface area contributed by atoms with Crippen LogP contribution in [-0.4, -0.2) is 43.6 Å². The molecule has 5 nitrogen and oxygen atoms in total. The Bertz CT molecular complexity index is 591. The van der Waals surface area contributed by atoms with Gasteiger partial charge in [-0.25, -0.2) is 15.0 Å². The van der Waals surface area contributed by atoms with Crippen LogP contribution in [0.5, 0.6) is 0 Å². The fourth-order valence-corrected chi connectivity index (χ4v) is 3.03. The summed E-state index contributed by atoms with van der Waals surface area (Å²) in [7, 11) is 0. The molecule has 1 atom stereocenters. The lowest BCUT2D eigenvalue weighted by Crippen LogP contribution is -2.39. The molecule has 2 aromatic rings. The molecular formula is C16H23N5. The molecule has 0 spiro atoms. The summed E-state index contributed by atoms with van der Waals surface area (Å²) in [5.41, 5.74) is 1.16. The smallest absolute Gasteiger partial charge is 0.141 e. The van der Waals surface area contributed by atoms with Crippen molar-refractivity contribution in [2.45, 2.75) is 45.6 Å². The zero-order chi connectivity index (χ0) is 14.8. The van der Waals surface area contributed by atoms with Crippen molar-refractivity contribution >= 4 is 0 Å². The summed E-state index contributed by atoms with van der Waals surface area (Å²) >= 11 is 0. The molecule has 1 unspecified atom stereocenters. The SMILES string of the molecule is Cc1nc(C2CCCN(C(C)C)C2)cc(-n2ccnc2)n1. The number of hydrogen-bond acceptors (Lipinski definition) is 4. The normalized spacial score (nSPS) is 20.1. The second-order valence-electron chi connectivity index (χ2n) is 6.10. The van der Waals surface area contributed by atoms with Crippen molar-refractivity contribution in [1.29, 1.82) is 0 Å². The fourth-order valence-electron chi connectivity index (χ4n) is 3.03. The van der Waals surface area contributed by atoms with Crippen molar-refractivity contribution in [3.05, 3.63) is 36.3 Å². The van der Waals surface area contributed by atoms with E-state index in [0.29, 0.717) is 12.0 Å². The molecule has 0 saturated carbocycles. The number of hydrogen-bond donors (Lipinski definition) is 0. The van der Waals surface area contributed by atoms with Crippen molar-refractivity contribution < 1.29 is 0 Å². The lowest BCUT2D eigenvalue weighted by Gasteiger charge is -2.35. The average molecular weight is 285 g/mol. The third-order valence-electron chi connectivity index (χ3n) is 4.21. The van der Waals surface area contributed by atoms with Gasteiger partial charge in [-0.15, -0.1) is 0 Å². The summed E-state index contributed by atoms with van der Waals surface area (Å²) in [5, 5.41) is 0. The number of aromatic nitrogens is 4. The zero-order valence-corrected chi connectivity index (χ0v) is 13.0. The highest BCUT2D eigenvalue weighted by Gasteiger charge is 2.24. The Labute approximate surface area is 126 Å². The molecule has 0 bridgehead atoms. The molecule has 112 valence electrons. The van der Waals surface area contributed by atoms with Gasteiger partial charge in [-0.1, -0.05) is 0 Å². The number of nitrogens with zero attached hydrogens (tertiary/aromatic N) is 5. The topological polar surface area (TPSA) is 46.8 Å². The Kier molecular flexibility index (Phi) is 4.01. The standard InChI is InChI=1S/C16H23N5/c1-12(2)20-7-4-5-14(10-20)15-9-16(19-13(3)18-15)21-8-6-17-11-21/h6,8-9,11-12,14H,4-5,7,10H2,1-3H3. The summed E-state index contributed by atoms with van der Waals surface area (Å²) in [6, 6.07) is 2.72. The molecule has 1 aliphatic heterocycles. The molecule has 1 saturated heterocycles. The van der Waals surface area contributed by atoms with E-state index in [1.165, 1.54) is 19.4 Å². The first kappa shape index (κ1) is 14.2. The first-order chi connectivity index (χ1) is 10.1. The van der Waals surface area contributed by atoms with E-state index in [4.69, 9.17) is 0 Å². The summed E-state index contributed by atoms with van der Waals surface area (Å²) < 4.78 is 1.95. The minimum Gasteiger partial charge on any atom is -0.300 e. The molecule has 0 radical (unpaired) electrons. The number of likely N-dealkylation sites (tertiary alicyclic amines) is 1. The van der Waals surface area contributed by atoms with E-state index < -0.39 is 0 Å². The van der Waals surface area contributed by atoms with E-state index in [1.54, 1.807) is 12.5 Å². The van der Waals surface area contributed by atoms with Gasteiger partial charge in [-0.05, 0) is 40.2 Å². The van der Waals surface area contributed by atoms with Crippen LogP contribution < -0.4 is 0 Å². The van der Waals surface area contributed by atoms with Crippen LogP contribution >= 0.6 is 0 Å². The summed E-state index contributed by atoms with van der Waals surface area (Å²) in [6.45, 7) is 8.80. The summed E-state index contributed by atoms with van der Waals surface area (Å²) in [5.74, 6) is 2.25. The highest BCUT2D eigenvalue weighted by molar-refractivity contribution is 5.27. The van der Waals surface area contributed by atoms with Crippen LogP contribution in [0, 0.1) is 6.92 Å². The Morgan fingerprint density at radius 2 is 2.14 bits per heavy atom. The zero-order valence-electron chi connectivity index (χ0n) is 13.0. The van der Waals surface area contributed by atoms with E-state index >= 15 is 0 Å². The van der Waals surface area contributed by atoms with Gasteiger partial charge in [-0.3, -0.25) is 4.57 Å². The van der Waals surface area contributed by atoms with Crippen molar-refractivity contribution in [2.24, 2.45) is 0 Å². The number of rotatable bonds is 3. The van der Waals surface area contributed by atoms with Crippen molar-refractivity contribution in [3.63, 3.8) is 0 Å². The fraction of sp³-hybridized carbons (Fsp3) is 0.562. The van der Waals surface area contributed by atoms with Gasteiger partial charge in [0.15, 0.2) is 0 Å². The van der Waals surface area contributed by atoms with E-state index in [-0.39, 0.29) is 0 Å². The molecule has 1 fully saturated rings. The molecule has 21 heavy (non-hydrogen) atoms. The van der Waals surface area contributed by atoms with Crippen LogP contribution in [0.15, 0.2) is 24.8 Å². The predicted octanol–water partition coefficient (Wildman–Crippen LogP) is 2.56. The van der Waals surface area contributed by atoms with E-state index in [1.807, 2.05) is 17.7 Å². The van der Waals surface area contributed by atoms with Gasteiger partial charge in [0.25, 0.3) is 0 Å². The maximum atomic E-state index is 4.69. The first-order valence-corrected chi connectivity index (χ1v) is 7.71. The highest BCUT2D eigenvalue weighted by atomic mass is 15.2. The van der Waals surface area contributed by atoms with E-state index in [2.05, 4.69) is 39.8 Å². The predicted molar refractivity (Wildman–Crippen MR) is 82.6 cm³/mol. The Balaban J connectivity index is 1.88. The van der Waals surface area contributed by atoms with Crippen LogP contribution in [0.25, 0.3) is 5.82 Å². The molecule has 3 rings (SSSR count).